The van der Waals surface area contributed by atoms with Crippen molar-refractivity contribution in [3.05, 3.63) is 63.7 Å². The van der Waals surface area contributed by atoms with Crippen LogP contribution in [0.4, 0.5) is 13.2 Å². The van der Waals surface area contributed by atoms with Crippen LogP contribution in [-0.2, 0) is 27.8 Å². The molecule has 39 heavy (non-hydrogen) atoms. The largest absolute Gasteiger partial charge is 0.405 e. The lowest BCUT2D eigenvalue weighted by atomic mass is 9.86. The molecule has 1 aliphatic carbocycles. The SMILES string of the molecule is Cc1cc(C)c(S(=O)(=O)N[C@@H](CC(=O)N[C@@H]2CCCc3cc(CN4CCCCC4)ccc32)C(F)(F)F)c(C)c1. The summed E-state index contributed by atoms with van der Waals surface area (Å²) in [5.74, 6) is -0.840. The number of piperidine rings is 1. The van der Waals surface area contributed by atoms with Crippen LogP contribution < -0.4 is 10.0 Å². The Bertz CT molecular complexity index is 1280. The van der Waals surface area contributed by atoms with Crippen molar-refractivity contribution in [1.82, 2.24) is 14.9 Å². The average Bonchev–Trinajstić information content (AvgIpc) is 2.83. The van der Waals surface area contributed by atoms with Gasteiger partial charge in [-0.15, -0.1) is 0 Å². The quantitative estimate of drug-likeness (QED) is 0.450. The molecule has 2 aromatic rings. The third-order valence-corrected chi connectivity index (χ3v) is 9.44. The van der Waals surface area contributed by atoms with Crippen LogP contribution in [-0.4, -0.2) is 44.5 Å². The van der Waals surface area contributed by atoms with Crippen LogP contribution in [0.25, 0.3) is 0 Å². The number of benzene rings is 2. The number of aryl methyl sites for hydroxylation is 4. The van der Waals surface area contributed by atoms with Gasteiger partial charge in [-0.25, -0.2) is 8.42 Å². The number of sulfonamides is 1. The first kappa shape index (κ1) is 29.6. The van der Waals surface area contributed by atoms with E-state index in [0.29, 0.717) is 17.5 Å². The van der Waals surface area contributed by atoms with Crippen LogP contribution in [0, 0.1) is 20.8 Å². The molecule has 2 aliphatic rings. The predicted octanol–water partition coefficient (Wildman–Crippen LogP) is 5.39. The fourth-order valence-corrected chi connectivity index (χ4v) is 7.67. The van der Waals surface area contributed by atoms with Crippen LogP contribution in [0.1, 0.15) is 77.9 Å². The normalized spacial score (nSPS) is 19.4. The lowest BCUT2D eigenvalue weighted by molar-refractivity contribution is -0.158. The van der Waals surface area contributed by atoms with E-state index in [2.05, 4.69) is 16.3 Å². The molecule has 1 saturated heterocycles. The minimum absolute atomic E-state index is 0.190. The van der Waals surface area contributed by atoms with Crippen LogP contribution in [0.5, 0.6) is 0 Å². The molecule has 2 N–H and O–H groups in total. The maximum atomic E-state index is 13.9. The number of likely N-dealkylation sites (tertiary alicyclic amines) is 1. The number of alkyl halides is 3. The van der Waals surface area contributed by atoms with Crippen molar-refractivity contribution in [3.8, 4) is 0 Å². The van der Waals surface area contributed by atoms with E-state index >= 15 is 0 Å². The van der Waals surface area contributed by atoms with Gasteiger partial charge in [0.05, 0.1) is 17.4 Å². The zero-order chi connectivity index (χ0) is 28.4. The second-order valence-electron chi connectivity index (χ2n) is 11.0. The highest BCUT2D eigenvalue weighted by molar-refractivity contribution is 7.89. The Hall–Kier alpha value is -2.43. The summed E-state index contributed by atoms with van der Waals surface area (Å²) >= 11 is 0. The zero-order valence-electron chi connectivity index (χ0n) is 22.8. The molecule has 10 heteroatoms. The van der Waals surface area contributed by atoms with Gasteiger partial charge in [0.1, 0.15) is 6.04 Å². The summed E-state index contributed by atoms with van der Waals surface area (Å²) < 4.78 is 69.6. The number of halogens is 3. The molecule has 0 radical (unpaired) electrons. The van der Waals surface area contributed by atoms with Crippen molar-refractivity contribution >= 4 is 15.9 Å². The van der Waals surface area contributed by atoms with E-state index in [-0.39, 0.29) is 4.90 Å². The first-order chi connectivity index (χ1) is 18.3. The molecule has 214 valence electrons. The van der Waals surface area contributed by atoms with Crippen LogP contribution in [0.3, 0.4) is 0 Å². The van der Waals surface area contributed by atoms with E-state index < -0.39 is 40.6 Å². The van der Waals surface area contributed by atoms with Crippen LogP contribution in [0.2, 0.25) is 0 Å². The van der Waals surface area contributed by atoms with Crippen molar-refractivity contribution in [2.75, 3.05) is 13.1 Å². The Labute approximate surface area is 229 Å². The first-order valence-electron chi connectivity index (χ1n) is 13.6. The number of hydrogen-bond donors (Lipinski definition) is 2. The summed E-state index contributed by atoms with van der Waals surface area (Å²) in [4.78, 5) is 15.1. The highest BCUT2D eigenvalue weighted by atomic mass is 32.2. The van der Waals surface area contributed by atoms with Gasteiger partial charge < -0.3 is 5.32 Å². The van der Waals surface area contributed by atoms with E-state index in [9.17, 15) is 26.4 Å². The van der Waals surface area contributed by atoms with Crippen LogP contribution in [0.15, 0.2) is 35.2 Å². The Morgan fingerprint density at radius 2 is 1.69 bits per heavy atom. The fourth-order valence-electron chi connectivity index (χ4n) is 5.99. The molecule has 6 nitrogen and oxygen atoms in total. The van der Waals surface area contributed by atoms with Gasteiger partial charge in [0, 0.05) is 6.54 Å². The topological polar surface area (TPSA) is 78.5 Å². The molecule has 2 atom stereocenters. The monoisotopic (exact) mass is 565 g/mol. The number of nitrogens with one attached hydrogen (secondary N) is 2. The maximum Gasteiger partial charge on any atom is 0.405 e. The number of carbonyl (C=O) groups is 1. The van der Waals surface area contributed by atoms with E-state index in [1.165, 1.54) is 24.8 Å². The lowest BCUT2D eigenvalue weighted by Gasteiger charge is -2.30. The summed E-state index contributed by atoms with van der Waals surface area (Å²) in [6.45, 7) is 7.92. The molecule has 1 amide bonds. The van der Waals surface area contributed by atoms with Crippen molar-refractivity contribution in [2.45, 2.75) is 95.4 Å². The highest BCUT2D eigenvalue weighted by Crippen LogP contribution is 2.32. The Morgan fingerprint density at radius 3 is 2.33 bits per heavy atom. The summed E-state index contributed by atoms with van der Waals surface area (Å²) in [6.07, 6.45) is -0.00641. The van der Waals surface area contributed by atoms with E-state index in [0.717, 1.165) is 49.2 Å². The average molecular weight is 566 g/mol. The van der Waals surface area contributed by atoms with Crippen molar-refractivity contribution in [2.24, 2.45) is 0 Å². The summed E-state index contributed by atoms with van der Waals surface area (Å²) in [7, 11) is -4.52. The number of fused-ring (bicyclic) bond motifs is 1. The Kier molecular flexibility index (Phi) is 9.08. The molecular formula is C29H38F3N3O3S. The second-order valence-corrected chi connectivity index (χ2v) is 12.7. The van der Waals surface area contributed by atoms with Gasteiger partial charge in [-0.2, -0.15) is 17.9 Å². The number of nitrogens with zero attached hydrogens (tertiary/aromatic N) is 1. The van der Waals surface area contributed by atoms with E-state index in [4.69, 9.17) is 0 Å². The predicted molar refractivity (Wildman–Crippen MR) is 145 cm³/mol. The molecule has 0 spiro atoms. The van der Waals surface area contributed by atoms with Gasteiger partial charge in [-0.3, -0.25) is 9.69 Å². The Morgan fingerprint density at radius 1 is 1.03 bits per heavy atom. The Balaban J connectivity index is 1.46. The van der Waals surface area contributed by atoms with Gasteiger partial charge in [-0.05, 0) is 93.8 Å². The second kappa shape index (κ2) is 12.0. The van der Waals surface area contributed by atoms with Crippen LogP contribution >= 0.6 is 0 Å². The third kappa shape index (κ3) is 7.41. The minimum atomic E-state index is -4.94. The molecule has 0 saturated carbocycles. The molecule has 0 unspecified atom stereocenters. The van der Waals surface area contributed by atoms with Gasteiger partial charge in [0.15, 0.2) is 0 Å². The number of rotatable bonds is 8. The van der Waals surface area contributed by atoms with Crippen molar-refractivity contribution in [3.63, 3.8) is 0 Å². The smallest absolute Gasteiger partial charge is 0.349 e. The number of hydrogen-bond acceptors (Lipinski definition) is 4. The van der Waals surface area contributed by atoms with E-state index in [1.54, 1.807) is 37.6 Å². The first-order valence-corrected chi connectivity index (χ1v) is 15.1. The minimum Gasteiger partial charge on any atom is -0.349 e. The molecule has 1 fully saturated rings. The van der Waals surface area contributed by atoms with Crippen molar-refractivity contribution in [1.29, 1.82) is 0 Å². The van der Waals surface area contributed by atoms with Gasteiger partial charge >= 0.3 is 6.18 Å². The number of carbonyl (C=O) groups excluding carboxylic acids is 1. The van der Waals surface area contributed by atoms with Gasteiger partial charge in [0.2, 0.25) is 15.9 Å². The molecular weight excluding hydrogens is 527 g/mol. The third-order valence-electron chi connectivity index (χ3n) is 7.67. The summed E-state index contributed by atoms with van der Waals surface area (Å²) in [6, 6.07) is 6.43. The molecule has 1 heterocycles. The highest BCUT2D eigenvalue weighted by Gasteiger charge is 2.44. The standard InChI is InChI=1S/C29H38F3N3O3S/c1-19-14-20(2)28(21(3)15-19)39(37,38)34-26(29(30,31)32)17-27(36)33-25-9-7-8-23-16-22(10-11-24(23)25)18-35-12-5-4-6-13-35/h10-11,14-16,25-26,34H,4-9,12-13,17-18H2,1-3H3,(H,33,36)/t25-,26+/m1/s1. The van der Waals surface area contributed by atoms with Gasteiger partial charge in [-0.1, -0.05) is 42.3 Å². The molecule has 4 rings (SSSR count). The van der Waals surface area contributed by atoms with Crippen molar-refractivity contribution < 1.29 is 26.4 Å². The summed E-state index contributed by atoms with van der Waals surface area (Å²) in [5, 5.41) is 2.75. The molecule has 0 aromatic heterocycles. The molecule has 1 aliphatic heterocycles. The molecule has 2 aromatic carbocycles. The number of amides is 1. The van der Waals surface area contributed by atoms with Gasteiger partial charge in [0.25, 0.3) is 0 Å². The van der Waals surface area contributed by atoms with E-state index in [1.807, 2.05) is 12.1 Å². The maximum absolute atomic E-state index is 13.9. The fraction of sp³-hybridized carbons (Fsp3) is 0.552. The lowest BCUT2D eigenvalue weighted by Crippen LogP contribution is -2.48. The molecule has 0 bridgehead atoms. The summed E-state index contributed by atoms with van der Waals surface area (Å²) in [5.41, 5.74) is 4.75. The zero-order valence-corrected chi connectivity index (χ0v) is 23.6.